The number of nitrogens with one attached hydrogen (secondary N) is 2. The van der Waals surface area contributed by atoms with Crippen LogP contribution in [-0.2, 0) is 4.79 Å². The highest BCUT2D eigenvalue weighted by molar-refractivity contribution is 6.00. The molecule has 10 heteroatoms. The normalized spacial score (nSPS) is 13.6. The molecule has 33 heavy (non-hydrogen) atoms. The first-order chi connectivity index (χ1) is 16.0. The minimum atomic E-state index is -0.266. The maximum atomic E-state index is 12.8. The van der Waals surface area contributed by atoms with Crippen molar-refractivity contribution in [2.45, 2.75) is 32.2 Å². The maximum Gasteiger partial charge on any atom is 0.256 e. The summed E-state index contributed by atoms with van der Waals surface area (Å²) in [6.45, 7) is 1.93. The number of hydrogen-bond donors (Lipinski definition) is 4. The summed E-state index contributed by atoms with van der Waals surface area (Å²) >= 11 is 0. The fourth-order valence-corrected chi connectivity index (χ4v) is 3.06. The van der Waals surface area contributed by atoms with Gasteiger partial charge in [-0.25, -0.2) is 9.98 Å². The Morgan fingerprint density at radius 2 is 2.03 bits per heavy atom. The summed E-state index contributed by atoms with van der Waals surface area (Å²) < 4.78 is 1.54. The molecule has 2 rings (SSSR count). The molecular formula is C23H30N8O2. The number of nitrogens with two attached hydrogens (primary N) is 2. The van der Waals surface area contributed by atoms with Crippen molar-refractivity contribution in [3.63, 3.8) is 0 Å². The van der Waals surface area contributed by atoms with Gasteiger partial charge in [0.25, 0.3) is 5.91 Å². The second kappa shape index (κ2) is 13.3. The summed E-state index contributed by atoms with van der Waals surface area (Å²) in [4.78, 5) is 31.3. The molecule has 2 aromatic heterocycles. The minimum absolute atomic E-state index is 0.0805. The average Bonchev–Trinajstić information content (AvgIpc) is 3.22. The summed E-state index contributed by atoms with van der Waals surface area (Å²) in [6.07, 6.45) is 18.2. The molecule has 6 N–H and O–H groups in total. The highest BCUT2D eigenvalue weighted by atomic mass is 16.1. The van der Waals surface area contributed by atoms with Crippen LogP contribution in [0.5, 0.6) is 0 Å². The molecule has 0 saturated heterocycles. The molecular weight excluding hydrogens is 420 g/mol. The van der Waals surface area contributed by atoms with E-state index in [1.807, 2.05) is 31.2 Å². The van der Waals surface area contributed by atoms with Crippen LogP contribution >= 0.6 is 0 Å². The lowest BCUT2D eigenvalue weighted by atomic mass is 10.1. The molecule has 0 saturated carbocycles. The van der Waals surface area contributed by atoms with Crippen molar-refractivity contribution < 1.29 is 9.59 Å². The van der Waals surface area contributed by atoms with Gasteiger partial charge in [-0.2, -0.15) is 9.61 Å². The van der Waals surface area contributed by atoms with Gasteiger partial charge in [0, 0.05) is 25.4 Å². The van der Waals surface area contributed by atoms with E-state index >= 15 is 0 Å². The summed E-state index contributed by atoms with van der Waals surface area (Å²) in [5.74, 6) is 0.671. The number of allylic oxidation sites excluding steroid dienone is 7. The summed E-state index contributed by atoms with van der Waals surface area (Å²) in [7, 11) is 1.74. The van der Waals surface area contributed by atoms with Crippen molar-refractivity contribution in [1.29, 1.82) is 0 Å². The highest BCUT2D eigenvalue weighted by Gasteiger charge is 2.18. The predicted molar refractivity (Wildman–Crippen MR) is 132 cm³/mol. The van der Waals surface area contributed by atoms with Crippen LogP contribution in [0.2, 0.25) is 0 Å². The van der Waals surface area contributed by atoms with Gasteiger partial charge in [-0.3, -0.25) is 9.59 Å². The molecule has 0 aliphatic rings. The fraction of sp³-hybridized carbons (Fsp3) is 0.261. The molecule has 1 unspecified atom stereocenters. The first-order valence-corrected chi connectivity index (χ1v) is 10.5. The van der Waals surface area contributed by atoms with E-state index in [0.717, 1.165) is 18.4 Å². The number of nitrogens with zero attached hydrogens (tertiary/aromatic N) is 4. The number of amides is 2. The van der Waals surface area contributed by atoms with Gasteiger partial charge in [-0.05, 0) is 44.0 Å². The number of rotatable bonds is 12. The Balaban J connectivity index is 1.95. The molecule has 0 aromatic carbocycles. The van der Waals surface area contributed by atoms with Gasteiger partial charge in [0.1, 0.15) is 17.2 Å². The number of fused-ring (bicyclic) bond motifs is 1. The van der Waals surface area contributed by atoms with Crippen molar-refractivity contribution in [3.8, 4) is 0 Å². The molecule has 0 aliphatic carbocycles. The zero-order chi connectivity index (χ0) is 24.1. The van der Waals surface area contributed by atoms with E-state index < -0.39 is 0 Å². The zero-order valence-corrected chi connectivity index (χ0v) is 18.8. The Morgan fingerprint density at radius 3 is 2.76 bits per heavy atom. The molecule has 0 fully saturated rings. The standard InChI is InChI=1S/C23H30N8O2/c1-17(9-8-11-18(14-27-16-32)10-6-4-3-5-7-12-24)29-23(33)19-15-28-31-21(26-2)13-20(25)30-22(19)31/h3-7,10,12-17,26H,8-9,11,24H2,1-2H3,(H2,25,30)(H,29,33)/b5-3-,6-4-,12-7-,18-10-,27-14?. The van der Waals surface area contributed by atoms with Crippen LogP contribution in [0.25, 0.3) is 5.65 Å². The van der Waals surface area contributed by atoms with E-state index in [1.54, 1.807) is 31.5 Å². The number of anilines is 2. The molecule has 1 atom stereocenters. The third kappa shape index (κ3) is 7.76. The zero-order valence-electron chi connectivity index (χ0n) is 18.8. The second-order valence-electron chi connectivity index (χ2n) is 7.16. The number of aromatic nitrogens is 3. The molecule has 2 heterocycles. The number of nitrogen functional groups attached to an aromatic ring is 1. The lowest BCUT2D eigenvalue weighted by molar-refractivity contribution is -0.106. The van der Waals surface area contributed by atoms with Gasteiger partial charge in [-0.1, -0.05) is 30.4 Å². The quantitative estimate of drug-likeness (QED) is 0.220. The molecule has 0 bridgehead atoms. The average molecular weight is 451 g/mol. The van der Waals surface area contributed by atoms with Crippen LogP contribution in [0, 0.1) is 0 Å². The van der Waals surface area contributed by atoms with Gasteiger partial charge in [-0.15, -0.1) is 0 Å². The SMILES string of the molecule is CNc1cc(N)nc2c(C(=O)NC(C)CCC/C(C=NC=O)=C/C=C\C=C/C=C\N)cnn12. The predicted octanol–water partition coefficient (Wildman–Crippen LogP) is 2.38. The van der Waals surface area contributed by atoms with Crippen LogP contribution < -0.4 is 22.1 Å². The lowest BCUT2D eigenvalue weighted by Gasteiger charge is -2.13. The Kier molecular flexibility index (Phi) is 10.1. The Hall–Kier alpha value is -4.21. The fourth-order valence-electron chi connectivity index (χ4n) is 3.06. The molecule has 174 valence electrons. The minimum Gasteiger partial charge on any atom is -0.405 e. The molecule has 2 amide bonds. The maximum absolute atomic E-state index is 12.8. The van der Waals surface area contributed by atoms with Gasteiger partial charge >= 0.3 is 0 Å². The second-order valence-corrected chi connectivity index (χ2v) is 7.16. The van der Waals surface area contributed by atoms with E-state index in [2.05, 4.69) is 25.7 Å². The van der Waals surface area contributed by atoms with Gasteiger partial charge < -0.3 is 22.1 Å². The van der Waals surface area contributed by atoms with Crippen LogP contribution in [0.15, 0.2) is 65.5 Å². The van der Waals surface area contributed by atoms with Gasteiger partial charge in [0.05, 0.1) is 6.20 Å². The van der Waals surface area contributed by atoms with Crippen molar-refractivity contribution in [1.82, 2.24) is 19.9 Å². The lowest BCUT2D eigenvalue weighted by Crippen LogP contribution is -2.32. The van der Waals surface area contributed by atoms with Crippen molar-refractivity contribution in [3.05, 3.63) is 66.1 Å². The largest absolute Gasteiger partial charge is 0.405 e. The highest BCUT2D eigenvalue weighted by Crippen LogP contribution is 2.17. The van der Waals surface area contributed by atoms with Crippen LogP contribution in [0.3, 0.4) is 0 Å². The third-order valence-electron chi connectivity index (χ3n) is 4.64. The number of hydrogen-bond acceptors (Lipinski definition) is 7. The number of carbonyl (C=O) groups is 2. The van der Waals surface area contributed by atoms with E-state index in [-0.39, 0.29) is 11.9 Å². The molecule has 0 radical (unpaired) electrons. The van der Waals surface area contributed by atoms with E-state index in [9.17, 15) is 9.59 Å². The van der Waals surface area contributed by atoms with Gasteiger partial charge in [0.15, 0.2) is 5.65 Å². The summed E-state index contributed by atoms with van der Waals surface area (Å²) in [6, 6.07) is 1.56. The first-order valence-electron chi connectivity index (χ1n) is 10.5. The molecule has 0 spiro atoms. The Labute approximate surface area is 192 Å². The van der Waals surface area contributed by atoms with E-state index in [0.29, 0.717) is 35.7 Å². The van der Waals surface area contributed by atoms with Crippen LogP contribution in [-0.4, -0.2) is 46.2 Å². The first kappa shape index (κ1) is 25.1. The monoisotopic (exact) mass is 450 g/mol. The molecule has 0 aliphatic heterocycles. The van der Waals surface area contributed by atoms with E-state index in [1.165, 1.54) is 16.9 Å². The Bertz CT molecular complexity index is 1100. The van der Waals surface area contributed by atoms with E-state index in [4.69, 9.17) is 11.5 Å². The molecule has 2 aromatic rings. The number of aliphatic imine (C=N–C) groups is 1. The van der Waals surface area contributed by atoms with Crippen molar-refractivity contribution in [2.24, 2.45) is 10.7 Å². The number of carbonyl (C=O) groups excluding carboxylic acids is 2. The van der Waals surface area contributed by atoms with Crippen molar-refractivity contribution >= 4 is 35.8 Å². The Morgan fingerprint density at radius 1 is 1.27 bits per heavy atom. The summed E-state index contributed by atoms with van der Waals surface area (Å²) in [5.41, 5.74) is 12.8. The van der Waals surface area contributed by atoms with Crippen LogP contribution in [0.4, 0.5) is 11.6 Å². The van der Waals surface area contributed by atoms with Crippen molar-refractivity contribution in [2.75, 3.05) is 18.1 Å². The van der Waals surface area contributed by atoms with Crippen LogP contribution in [0.1, 0.15) is 36.5 Å². The topological polar surface area (TPSA) is 153 Å². The smallest absolute Gasteiger partial charge is 0.256 e. The van der Waals surface area contributed by atoms with Gasteiger partial charge in [0.2, 0.25) is 6.41 Å². The molecule has 10 nitrogen and oxygen atoms in total. The summed E-state index contributed by atoms with van der Waals surface area (Å²) in [5, 5.41) is 10.2. The third-order valence-corrected chi connectivity index (χ3v) is 4.64.